The van der Waals surface area contributed by atoms with Crippen molar-refractivity contribution in [3.8, 4) is 17.1 Å². The van der Waals surface area contributed by atoms with Gasteiger partial charge < -0.3 is 9.15 Å². The molecule has 0 N–H and O–H groups in total. The maximum Gasteiger partial charge on any atom is 0.232 e. The van der Waals surface area contributed by atoms with Gasteiger partial charge in [0, 0.05) is 15.1 Å². The minimum absolute atomic E-state index is 0.135. The third kappa shape index (κ3) is 3.81. The van der Waals surface area contributed by atoms with Crippen LogP contribution >= 0.6 is 27.5 Å². The third-order valence-electron chi connectivity index (χ3n) is 3.13. The van der Waals surface area contributed by atoms with E-state index in [4.69, 9.17) is 20.8 Å². The Bertz CT molecular complexity index is 830. The molecule has 0 atom stereocenters. The van der Waals surface area contributed by atoms with Crippen LogP contribution in [0.4, 0.5) is 0 Å². The molecular weight excluding hydrogens is 382 g/mol. The Hall–Kier alpha value is -2.11. The normalized spacial score (nSPS) is 10.5. The summed E-state index contributed by atoms with van der Waals surface area (Å²) in [6, 6.07) is 12.5. The fourth-order valence-corrected chi connectivity index (χ4v) is 2.51. The Balaban J connectivity index is 1.72. The fraction of sp³-hybridized carbons (Fsp3) is 0.0588. The highest BCUT2D eigenvalue weighted by atomic mass is 79.9. The molecule has 4 nitrogen and oxygen atoms in total. The van der Waals surface area contributed by atoms with Crippen molar-refractivity contribution in [1.29, 1.82) is 0 Å². The van der Waals surface area contributed by atoms with Gasteiger partial charge in [-0.3, -0.25) is 4.79 Å². The quantitative estimate of drug-likeness (QED) is 0.564. The third-order valence-corrected chi connectivity index (χ3v) is 3.88. The summed E-state index contributed by atoms with van der Waals surface area (Å²) in [6.45, 7) is 0.135. The first-order chi connectivity index (χ1) is 11.2. The molecule has 116 valence electrons. The first-order valence-corrected chi connectivity index (χ1v) is 7.91. The summed E-state index contributed by atoms with van der Waals surface area (Å²) < 4.78 is 12.1. The van der Waals surface area contributed by atoms with E-state index in [0.29, 0.717) is 28.0 Å². The predicted octanol–water partition coefficient (Wildman–Crippen LogP) is 5.15. The molecule has 0 saturated carbocycles. The molecule has 0 amide bonds. The van der Waals surface area contributed by atoms with Crippen LogP contribution < -0.4 is 4.74 Å². The molecule has 0 saturated heterocycles. The molecular formula is C17H11BrClNO3. The van der Waals surface area contributed by atoms with E-state index in [1.54, 1.807) is 36.5 Å². The second kappa shape index (κ2) is 6.98. The lowest BCUT2D eigenvalue weighted by atomic mass is 10.2. The summed E-state index contributed by atoms with van der Waals surface area (Å²) in [4.78, 5) is 15.2. The van der Waals surface area contributed by atoms with Gasteiger partial charge in [-0.25, -0.2) is 4.98 Å². The van der Waals surface area contributed by atoms with Crippen molar-refractivity contribution in [2.24, 2.45) is 0 Å². The summed E-state index contributed by atoms with van der Waals surface area (Å²) in [5.74, 6) is 1.54. The number of nitrogens with zero attached hydrogens (tertiary/aromatic N) is 1. The van der Waals surface area contributed by atoms with Gasteiger partial charge in [0.05, 0.1) is 11.8 Å². The van der Waals surface area contributed by atoms with Crippen molar-refractivity contribution in [3.63, 3.8) is 0 Å². The zero-order chi connectivity index (χ0) is 16.2. The zero-order valence-corrected chi connectivity index (χ0v) is 14.2. The van der Waals surface area contributed by atoms with Gasteiger partial charge in [0.1, 0.15) is 5.75 Å². The summed E-state index contributed by atoms with van der Waals surface area (Å²) >= 11 is 9.18. The molecule has 0 fully saturated rings. The van der Waals surface area contributed by atoms with Gasteiger partial charge >= 0.3 is 0 Å². The SMILES string of the molecule is O=Cc1cc(Br)ccc1OCc1ncc(-c2ccc(Cl)cc2)o1. The van der Waals surface area contributed by atoms with Crippen LogP contribution in [0.1, 0.15) is 16.2 Å². The predicted molar refractivity (Wildman–Crippen MR) is 90.8 cm³/mol. The molecule has 0 aliphatic carbocycles. The summed E-state index contributed by atoms with van der Waals surface area (Å²) in [5, 5.41) is 0.661. The highest BCUT2D eigenvalue weighted by Crippen LogP contribution is 2.25. The highest BCUT2D eigenvalue weighted by Gasteiger charge is 2.09. The first-order valence-electron chi connectivity index (χ1n) is 6.74. The Morgan fingerprint density at radius 2 is 2.00 bits per heavy atom. The first kappa shape index (κ1) is 15.8. The molecule has 1 aromatic heterocycles. The van der Waals surface area contributed by atoms with Gasteiger partial charge in [-0.2, -0.15) is 0 Å². The van der Waals surface area contributed by atoms with Crippen molar-refractivity contribution < 1.29 is 13.9 Å². The van der Waals surface area contributed by atoms with E-state index >= 15 is 0 Å². The number of halogens is 2. The van der Waals surface area contributed by atoms with Gasteiger partial charge in [-0.05, 0) is 42.5 Å². The van der Waals surface area contributed by atoms with Gasteiger partial charge in [0.15, 0.2) is 18.7 Å². The number of aromatic nitrogens is 1. The number of carbonyl (C=O) groups excluding carboxylic acids is 1. The molecule has 1 heterocycles. The van der Waals surface area contributed by atoms with E-state index in [2.05, 4.69) is 20.9 Å². The van der Waals surface area contributed by atoms with Crippen LogP contribution in [0.25, 0.3) is 11.3 Å². The molecule has 0 aliphatic rings. The maximum atomic E-state index is 11.1. The fourth-order valence-electron chi connectivity index (χ4n) is 2.01. The second-order valence-corrected chi connectivity index (χ2v) is 6.07. The molecule has 3 rings (SSSR count). The number of aldehydes is 1. The maximum absolute atomic E-state index is 11.1. The van der Waals surface area contributed by atoms with E-state index in [9.17, 15) is 4.79 Å². The van der Waals surface area contributed by atoms with E-state index < -0.39 is 0 Å². The summed E-state index contributed by atoms with van der Waals surface area (Å²) in [5.41, 5.74) is 1.34. The van der Waals surface area contributed by atoms with Gasteiger partial charge in [-0.1, -0.05) is 27.5 Å². The minimum atomic E-state index is 0.135. The molecule has 0 aliphatic heterocycles. The lowest BCUT2D eigenvalue weighted by Crippen LogP contribution is -1.98. The molecule has 0 radical (unpaired) electrons. The summed E-state index contributed by atoms with van der Waals surface area (Å²) in [6.07, 6.45) is 2.37. The van der Waals surface area contributed by atoms with Gasteiger partial charge in [0.25, 0.3) is 0 Å². The molecule has 2 aromatic carbocycles. The van der Waals surface area contributed by atoms with Crippen LogP contribution in [0.3, 0.4) is 0 Å². The van der Waals surface area contributed by atoms with Gasteiger partial charge in [-0.15, -0.1) is 0 Å². The van der Waals surface area contributed by atoms with Crippen molar-refractivity contribution in [1.82, 2.24) is 4.98 Å². The van der Waals surface area contributed by atoms with Crippen molar-refractivity contribution in [2.45, 2.75) is 6.61 Å². The number of hydrogen-bond acceptors (Lipinski definition) is 4. The smallest absolute Gasteiger partial charge is 0.232 e. The topological polar surface area (TPSA) is 52.3 Å². The standard InChI is InChI=1S/C17H11BrClNO3/c18-13-3-6-15(12(7-13)9-21)22-10-17-20-8-16(23-17)11-1-4-14(19)5-2-11/h1-9H,10H2. The Kier molecular flexibility index (Phi) is 4.79. The van der Waals surface area contributed by atoms with Crippen LogP contribution in [0.5, 0.6) is 5.75 Å². The van der Waals surface area contributed by atoms with E-state index in [-0.39, 0.29) is 6.61 Å². The lowest BCUT2D eigenvalue weighted by molar-refractivity contribution is 0.111. The number of hydrogen-bond donors (Lipinski definition) is 0. The zero-order valence-electron chi connectivity index (χ0n) is 11.8. The average Bonchev–Trinajstić information content (AvgIpc) is 3.03. The van der Waals surface area contributed by atoms with Crippen LogP contribution in [0.2, 0.25) is 5.02 Å². The molecule has 6 heteroatoms. The van der Waals surface area contributed by atoms with Crippen molar-refractivity contribution >= 4 is 33.8 Å². The average molecular weight is 393 g/mol. The van der Waals surface area contributed by atoms with E-state index in [0.717, 1.165) is 16.3 Å². The van der Waals surface area contributed by atoms with Crippen LogP contribution in [0.15, 0.2) is 57.6 Å². The lowest BCUT2D eigenvalue weighted by Gasteiger charge is -2.06. The second-order valence-electron chi connectivity index (χ2n) is 4.71. The van der Waals surface area contributed by atoms with E-state index in [1.807, 2.05) is 12.1 Å². The molecule has 23 heavy (non-hydrogen) atoms. The molecule has 0 bridgehead atoms. The number of ether oxygens (including phenoxy) is 1. The van der Waals surface area contributed by atoms with Crippen LogP contribution in [-0.2, 0) is 6.61 Å². The molecule has 0 spiro atoms. The number of carbonyl (C=O) groups is 1. The largest absolute Gasteiger partial charge is 0.483 e. The molecule has 0 unspecified atom stereocenters. The molecule has 3 aromatic rings. The highest BCUT2D eigenvalue weighted by molar-refractivity contribution is 9.10. The minimum Gasteiger partial charge on any atom is -0.483 e. The van der Waals surface area contributed by atoms with Crippen LogP contribution in [0, 0.1) is 0 Å². The van der Waals surface area contributed by atoms with E-state index in [1.165, 1.54) is 0 Å². The van der Waals surface area contributed by atoms with Gasteiger partial charge in [0.2, 0.25) is 5.89 Å². The monoisotopic (exact) mass is 391 g/mol. The van der Waals surface area contributed by atoms with Crippen LogP contribution in [-0.4, -0.2) is 11.3 Å². The Labute approximate surface area is 146 Å². The Morgan fingerprint density at radius 1 is 1.22 bits per heavy atom. The van der Waals surface area contributed by atoms with Crippen molar-refractivity contribution in [3.05, 3.63) is 69.6 Å². The number of rotatable bonds is 5. The van der Waals surface area contributed by atoms with Crippen molar-refractivity contribution in [2.75, 3.05) is 0 Å². The Morgan fingerprint density at radius 3 is 2.74 bits per heavy atom. The summed E-state index contributed by atoms with van der Waals surface area (Å²) in [7, 11) is 0. The number of benzene rings is 2. The number of oxazole rings is 1.